The predicted molar refractivity (Wildman–Crippen MR) is 75.9 cm³/mol. The minimum absolute atomic E-state index is 0.102. The summed E-state index contributed by atoms with van der Waals surface area (Å²) in [5.74, 6) is 0.829. The maximum Gasteiger partial charge on any atom is 0.144 e. The summed E-state index contributed by atoms with van der Waals surface area (Å²) in [4.78, 5) is 0. The van der Waals surface area contributed by atoms with E-state index in [9.17, 15) is 0 Å². The molecule has 2 aliphatic heterocycles. The molecular weight excluding hydrogens is 262 g/mol. The Bertz CT molecular complexity index is 457. The van der Waals surface area contributed by atoms with E-state index in [1.807, 2.05) is 19.1 Å². The van der Waals surface area contributed by atoms with Crippen LogP contribution >= 0.6 is 11.6 Å². The van der Waals surface area contributed by atoms with Gasteiger partial charge in [-0.3, -0.25) is 0 Å². The second-order valence-electron chi connectivity index (χ2n) is 5.34. The van der Waals surface area contributed by atoms with E-state index in [-0.39, 0.29) is 11.7 Å². The number of fused-ring (bicyclic) bond motifs is 1. The zero-order chi connectivity index (χ0) is 13.3. The van der Waals surface area contributed by atoms with Crippen molar-refractivity contribution in [2.24, 2.45) is 0 Å². The van der Waals surface area contributed by atoms with Crippen LogP contribution < -0.4 is 10.1 Å². The van der Waals surface area contributed by atoms with Crippen molar-refractivity contribution in [3.63, 3.8) is 0 Å². The van der Waals surface area contributed by atoms with E-state index >= 15 is 0 Å². The average molecular weight is 282 g/mol. The monoisotopic (exact) mass is 281 g/mol. The topological polar surface area (TPSA) is 30.5 Å². The second kappa shape index (κ2) is 5.31. The van der Waals surface area contributed by atoms with Gasteiger partial charge < -0.3 is 14.8 Å². The zero-order valence-corrected chi connectivity index (χ0v) is 12.0. The first-order chi connectivity index (χ1) is 9.24. The molecule has 1 atom stereocenters. The highest BCUT2D eigenvalue weighted by Gasteiger charge is 2.42. The van der Waals surface area contributed by atoms with Crippen LogP contribution in [0, 0.1) is 0 Å². The summed E-state index contributed by atoms with van der Waals surface area (Å²) in [7, 11) is 0. The first-order valence-electron chi connectivity index (χ1n) is 7.04. The minimum Gasteiger partial charge on any atom is -0.485 e. The molecule has 1 aromatic rings. The van der Waals surface area contributed by atoms with Gasteiger partial charge in [-0.05, 0) is 38.9 Å². The summed E-state index contributed by atoms with van der Waals surface area (Å²) in [6, 6.07) is 5.93. The molecule has 4 heteroatoms. The third-order valence-electron chi connectivity index (χ3n) is 4.10. The minimum atomic E-state index is -0.108. The molecule has 1 saturated heterocycles. The van der Waals surface area contributed by atoms with Gasteiger partial charge in [0, 0.05) is 18.6 Å². The van der Waals surface area contributed by atoms with Gasteiger partial charge in [0.15, 0.2) is 0 Å². The molecule has 1 spiro atoms. The quantitative estimate of drug-likeness (QED) is 0.902. The van der Waals surface area contributed by atoms with Crippen molar-refractivity contribution in [1.82, 2.24) is 5.32 Å². The Morgan fingerprint density at radius 2 is 2.21 bits per heavy atom. The third kappa shape index (κ3) is 2.47. The number of hydrogen-bond acceptors (Lipinski definition) is 3. The summed E-state index contributed by atoms with van der Waals surface area (Å²) in [5.41, 5.74) is 0.988. The maximum atomic E-state index is 6.32. The molecule has 3 nitrogen and oxygen atoms in total. The van der Waals surface area contributed by atoms with Crippen molar-refractivity contribution in [2.75, 3.05) is 19.7 Å². The lowest BCUT2D eigenvalue weighted by atomic mass is 9.82. The molecule has 104 valence electrons. The molecule has 3 rings (SSSR count). The number of ether oxygens (including phenoxy) is 2. The molecule has 0 aromatic heterocycles. The van der Waals surface area contributed by atoms with Crippen molar-refractivity contribution in [2.45, 2.75) is 37.9 Å². The summed E-state index contributed by atoms with van der Waals surface area (Å²) >= 11 is 6.31. The first-order valence-corrected chi connectivity index (χ1v) is 7.42. The lowest BCUT2D eigenvalue weighted by molar-refractivity contribution is -0.0588. The second-order valence-corrected chi connectivity index (χ2v) is 5.75. The molecule has 0 aliphatic carbocycles. The van der Waals surface area contributed by atoms with Crippen LogP contribution in [0.25, 0.3) is 0 Å². The van der Waals surface area contributed by atoms with Gasteiger partial charge in [-0.15, -0.1) is 0 Å². The zero-order valence-electron chi connectivity index (χ0n) is 11.2. The van der Waals surface area contributed by atoms with Crippen molar-refractivity contribution >= 4 is 11.6 Å². The molecule has 1 fully saturated rings. The van der Waals surface area contributed by atoms with Gasteiger partial charge in [0.2, 0.25) is 0 Å². The molecule has 0 bridgehead atoms. The van der Waals surface area contributed by atoms with Gasteiger partial charge in [0.05, 0.1) is 11.1 Å². The lowest BCUT2D eigenvalue weighted by Gasteiger charge is -2.44. The Kier molecular flexibility index (Phi) is 3.70. The number of benzene rings is 1. The van der Waals surface area contributed by atoms with E-state index < -0.39 is 0 Å². The van der Waals surface area contributed by atoms with Gasteiger partial charge in [0.25, 0.3) is 0 Å². The highest BCUT2D eigenvalue weighted by Crippen LogP contribution is 2.47. The van der Waals surface area contributed by atoms with Crippen LogP contribution in [0.4, 0.5) is 0 Å². The molecule has 1 aromatic carbocycles. The molecule has 2 aliphatic rings. The molecule has 2 heterocycles. The summed E-state index contributed by atoms with van der Waals surface area (Å²) in [5, 5.41) is 4.08. The van der Waals surface area contributed by atoms with Crippen molar-refractivity contribution < 1.29 is 9.47 Å². The highest BCUT2D eigenvalue weighted by molar-refractivity contribution is 6.32. The highest BCUT2D eigenvalue weighted by atomic mass is 35.5. The fourth-order valence-corrected chi connectivity index (χ4v) is 3.35. The number of nitrogens with one attached hydrogen (secondary N) is 1. The van der Waals surface area contributed by atoms with Crippen LogP contribution in [0.3, 0.4) is 0 Å². The number of rotatable bonds is 2. The van der Waals surface area contributed by atoms with E-state index in [4.69, 9.17) is 21.1 Å². The summed E-state index contributed by atoms with van der Waals surface area (Å²) in [6.07, 6.45) is 3.06. The Labute approximate surface area is 119 Å². The predicted octanol–water partition coefficient (Wildman–Crippen LogP) is 3.32. The molecular formula is C15H20ClNO2. The van der Waals surface area contributed by atoms with Crippen LogP contribution in [0.15, 0.2) is 18.2 Å². The van der Waals surface area contributed by atoms with Gasteiger partial charge in [-0.25, -0.2) is 0 Å². The maximum absolute atomic E-state index is 6.32. The number of hydrogen-bond donors (Lipinski definition) is 1. The van der Waals surface area contributed by atoms with Gasteiger partial charge in [-0.1, -0.05) is 23.7 Å². The van der Waals surface area contributed by atoms with Crippen LogP contribution in [0.1, 0.15) is 37.9 Å². The van der Waals surface area contributed by atoms with E-state index in [1.54, 1.807) is 0 Å². The summed E-state index contributed by atoms with van der Waals surface area (Å²) < 4.78 is 12.2. The fourth-order valence-electron chi connectivity index (χ4n) is 3.13. The molecule has 0 amide bonds. The van der Waals surface area contributed by atoms with Crippen LogP contribution in [0.2, 0.25) is 5.02 Å². The van der Waals surface area contributed by atoms with Crippen LogP contribution in [-0.2, 0) is 4.74 Å². The number of para-hydroxylation sites is 1. The van der Waals surface area contributed by atoms with E-state index in [1.165, 1.54) is 0 Å². The number of piperidine rings is 1. The van der Waals surface area contributed by atoms with E-state index in [0.717, 1.165) is 43.7 Å². The molecule has 0 saturated carbocycles. The molecule has 0 radical (unpaired) electrons. The van der Waals surface area contributed by atoms with Gasteiger partial charge >= 0.3 is 0 Å². The normalized spacial score (nSPS) is 24.8. The van der Waals surface area contributed by atoms with Gasteiger partial charge in [0.1, 0.15) is 11.4 Å². The Morgan fingerprint density at radius 3 is 2.95 bits per heavy atom. The van der Waals surface area contributed by atoms with Gasteiger partial charge in [-0.2, -0.15) is 0 Å². The molecule has 19 heavy (non-hydrogen) atoms. The van der Waals surface area contributed by atoms with E-state index in [2.05, 4.69) is 11.4 Å². The van der Waals surface area contributed by atoms with Crippen molar-refractivity contribution in [3.05, 3.63) is 28.8 Å². The third-order valence-corrected chi connectivity index (χ3v) is 4.40. The SMILES string of the molecule is CCOC1CC2(CCNCC2)Oc2c(Cl)cccc21. The van der Waals surface area contributed by atoms with Crippen molar-refractivity contribution in [3.8, 4) is 5.75 Å². The largest absolute Gasteiger partial charge is 0.485 e. The first kappa shape index (κ1) is 13.2. The molecule has 1 N–H and O–H groups in total. The Morgan fingerprint density at radius 1 is 1.42 bits per heavy atom. The Hall–Kier alpha value is -0.770. The van der Waals surface area contributed by atoms with E-state index in [0.29, 0.717) is 11.6 Å². The smallest absolute Gasteiger partial charge is 0.144 e. The average Bonchev–Trinajstić information content (AvgIpc) is 2.41. The summed E-state index contributed by atoms with van der Waals surface area (Å²) in [6.45, 7) is 4.75. The Balaban J connectivity index is 1.97. The standard InChI is InChI=1S/C15H20ClNO2/c1-2-18-13-10-15(6-8-17-9-7-15)19-14-11(13)4-3-5-12(14)16/h3-5,13,17H,2,6-10H2,1H3. The number of halogens is 1. The van der Waals surface area contributed by atoms with Crippen LogP contribution in [-0.4, -0.2) is 25.3 Å². The van der Waals surface area contributed by atoms with Crippen molar-refractivity contribution in [1.29, 1.82) is 0 Å². The lowest BCUT2D eigenvalue weighted by Crippen LogP contribution is -2.49. The fraction of sp³-hybridized carbons (Fsp3) is 0.600. The molecule has 1 unspecified atom stereocenters. The van der Waals surface area contributed by atoms with Crippen LogP contribution in [0.5, 0.6) is 5.75 Å².